The molecule has 0 radical (unpaired) electrons. The van der Waals surface area contributed by atoms with E-state index in [1.165, 1.54) is 16.8 Å². The summed E-state index contributed by atoms with van der Waals surface area (Å²) < 4.78 is 5.37. The number of rotatable bonds is 5. The molecule has 0 spiro atoms. The van der Waals surface area contributed by atoms with Crippen LogP contribution in [-0.4, -0.2) is 26.5 Å². The van der Waals surface area contributed by atoms with E-state index in [0.717, 1.165) is 17.9 Å². The van der Waals surface area contributed by atoms with Crippen molar-refractivity contribution in [3.05, 3.63) is 22.8 Å². The van der Waals surface area contributed by atoms with Gasteiger partial charge in [0.15, 0.2) is 0 Å². The molecule has 1 aromatic carbocycles. The standard InChI is InChI=1S/C15H23NO2/c1-10-9-14(18-6)12(3)13(4)15(10)16(5)8-7-11(2)17/h9H,7-8H2,1-6H3. The minimum Gasteiger partial charge on any atom is -0.496 e. The number of carbonyl (C=O) groups is 1. The molecular formula is C15H23NO2. The fraction of sp³-hybridized carbons (Fsp3) is 0.533. The van der Waals surface area contributed by atoms with Crippen LogP contribution in [0.25, 0.3) is 0 Å². The lowest BCUT2D eigenvalue weighted by Crippen LogP contribution is -2.22. The number of benzene rings is 1. The number of nitrogens with zero attached hydrogens (tertiary/aromatic N) is 1. The Bertz CT molecular complexity index is 452. The van der Waals surface area contributed by atoms with Crippen molar-refractivity contribution in [2.75, 3.05) is 25.6 Å². The van der Waals surface area contributed by atoms with Crippen molar-refractivity contribution in [1.29, 1.82) is 0 Å². The van der Waals surface area contributed by atoms with Crippen LogP contribution in [-0.2, 0) is 4.79 Å². The summed E-state index contributed by atoms with van der Waals surface area (Å²) in [6.07, 6.45) is 0.584. The van der Waals surface area contributed by atoms with Gasteiger partial charge in [-0.05, 0) is 50.5 Å². The quantitative estimate of drug-likeness (QED) is 0.803. The Morgan fingerprint density at radius 2 is 1.89 bits per heavy atom. The Morgan fingerprint density at radius 1 is 1.28 bits per heavy atom. The third-order valence-electron chi connectivity index (χ3n) is 3.41. The normalized spacial score (nSPS) is 10.3. The van der Waals surface area contributed by atoms with Gasteiger partial charge in [-0.25, -0.2) is 0 Å². The van der Waals surface area contributed by atoms with Gasteiger partial charge in [-0.15, -0.1) is 0 Å². The monoisotopic (exact) mass is 249 g/mol. The van der Waals surface area contributed by atoms with Gasteiger partial charge in [-0.2, -0.15) is 0 Å². The molecule has 0 aliphatic rings. The molecular weight excluding hydrogens is 226 g/mol. The van der Waals surface area contributed by atoms with Crippen LogP contribution in [0, 0.1) is 20.8 Å². The Balaban J connectivity index is 3.09. The number of ketones is 1. The lowest BCUT2D eigenvalue weighted by Gasteiger charge is -2.25. The molecule has 0 bridgehead atoms. The maximum Gasteiger partial charge on any atom is 0.131 e. The highest BCUT2D eigenvalue weighted by Gasteiger charge is 2.14. The Hall–Kier alpha value is -1.51. The van der Waals surface area contributed by atoms with Crippen LogP contribution >= 0.6 is 0 Å². The van der Waals surface area contributed by atoms with E-state index in [9.17, 15) is 4.79 Å². The van der Waals surface area contributed by atoms with Gasteiger partial charge in [-0.1, -0.05) is 0 Å². The molecule has 0 N–H and O–H groups in total. The SMILES string of the molecule is COc1cc(C)c(N(C)CCC(C)=O)c(C)c1C. The first-order valence-electron chi connectivity index (χ1n) is 6.23. The summed E-state index contributed by atoms with van der Waals surface area (Å²) in [5, 5.41) is 0. The van der Waals surface area contributed by atoms with Gasteiger partial charge >= 0.3 is 0 Å². The zero-order valence-electron chi connectivity index (χ0n) is 12.3. The molecule has 0 saturated carbocycles. The number of ether oxygens (including phenoxy) is 1. The number of carbonyl (C=O) groups excluding carboxylic acids is 1. The van der Waals surface area contributed by atoms with E-state index in [1.807, 2.05) is 7.05 Å². The molecule has 18 heavy (non-hydrogen) atoms. The zero-order valence-corrected chi connectivity index (χ0v) is 12.3. The smallest absolute Gasteiger partial charge is 0.131 e. The number of hydrogen-bond donors (Lipinski definition) is 0. The summed E-state index contributed by atoms with van der Waals surface area (Å²) in [4.78, 5) is 13.2. The van der Waals surface area contributed by atoms with Crippen molar-refractivity contribution in [2.45, 2.75) is 34.1 Å². The first kappa shape index (κ1) is 14.6. The van der Waals surface area contributed by atoms with Crippen molar-refractivity contribution in [3.8, 4) is 5.75 Å². The third kappa shape index (κ3) is 3.03. The van der Waals surface area contributed by atoms with Crippen molar-refractivity contribution < 1.29 is 9.53 Å². The van der Waals surface area contributed by atoms with E-state index in [-0.39, 0.29) is 5.78 Å². The van der Waals surface area contributed by atoms with Crippen LogP contribution < -0.4 is 9.64 Å². The molecule has 0 aliphatic heterocycles. The third-order valence-corrected chi connectivity index (χ3v) is 3.41. The Morgan fingerprint density at radius 3 is 2.39 bits per heavy atom. The summed E-state index contributed by atoms with van der Waals surface area (Å²) in [5.41, 5.74) is 4.77. The summed E-state index contributed by atoms with van der Waals surface area (Å²) in [6, 6.07) is 2.06. The van der Waals surface area contributed by atoms with Gasteiger partial charge in [0.25, 0.3) is 0 Å². The predicted molar refractivity (Wildman–Crippen MR) is 75.8 cm³/mol. The van der Waals surface area contributed by atoms with Crippen LogP contribution in [0.3, 0.4) is 0 Å². The zero-order chi connectivity index (χ0) is 13.9. The molecule has 1 aromatic rings. The predicted octanol–water partition coefficient (Wildman–Crippen LogP) is 3.04. The second-order valence-corrected chi connectivity index (χ2v) is 4.87. The van der Waals surface area contributed by atoms with Crippen molar-refractivity contribution in [1.82, 2.24) is 0 Å². The number of methoxy groups -OCH3 is 1. The summed E-state index contributed by atoms with van der Waals surface area (Å²) >= 11 is 0. The maximum atomic E-state index is 11.1. The first-order chi connectivity index (χ1) is 8.38. The van der Waals surface area contributed by atoms with E-state index in [0.29, 0.717) is 6.42 Å². The molecule has 0 amide bonds. The van der Waals surface area contributed by atoms with Crippen LogP contribution in [0.2, 0.25) is 0 Å². The van der Waals surface area contributed by atoms with Gasteiger partial charge < -0.3 is 9.64 Å². The van der Waals surface area contributed by atoms with E-state index in [2.05, 4.69) is 31.7 Å². The Kier molecular flexibility index (Phi) is 4.76. The number of Topliss-reactive ketones (excluding diaryl/α,β-unsaturated/α-hetero) is 1. The fourth-order valence-electron chi connectivity index (χ4n) is 2.27. The van der Waals surface area contributed by atoms with Crippen LogP contribution in [0.15, 0.2) is 6.07 Å². The molecule has 0 atom stereocenters. The molecule has 1 rings (SSSR count). The van der Waals surface area contributed by atoms with Crippen LogP contribution in [0.5, 0.6) is 5.75 Å². The van der Waals surface area contributed by atoms with Crippen LogP contribution in [0.1, 0.15) is 30.0 Å². The highest BCUT2D eigenvalue weighted by Crippen LogP contribution is 2.33. The second-order valence-electron chi connectivity index (χ2n) is 4.87. The topological polar surface area (TPSA) is 29.5 Å². The van der Waals surface area contributed by atoms with Gasteiger partial charge in [0.1, 0.15) is 11.5 Å². The average molecular weight is 249 g/mol. The molecule has 0 aliphatic carbocycles. The Labute approximate surface area is 110 Å². The molecule has 0 aromatic heterocycles. The van der Waals surface area contributed by atoms with Crippen molar-refractivity contribution in [2.24, 2.45) is 0 Å². The maximum absolute atomic E-state index is 11.1. The molecule has 0 saturated heterocycles. The second kappa shape index (κ2) is 5.89. The summed E-state index contributed by atoms with van der Waals surface area (Å²) in [7, 11) is 3.73. The summed E-state index contributed by atoms with van der Waals surface area (Å²) in [6.45, 7) is 8.63. The van der Waals surface area contributed by atoms with Gasteiger partial charge in [0, 0.05) is 25.7 Å². The highest BCUT2D eigenvalue weighted by atomic mass is 16.5. The molecule has 3 nitrogen and oxygen atoms in total. The number of aryl methyl sites for hydroxylation is 1. The highest BCUT2D eigenvalue weighted by molar-refractivity contribution is 5.76. The first-order valence-corrected chi connectivity index (χ1v) is 6.23. The molecule has 3 heteroatoms. The fourth-order valence-corrected chi connectivity index (χ4v) is 2.27. The minimum atomic E-state index is 0.224. The van der Waals surface area contributed by atoms with Crippen molar-refractivity contribution in [3.63, 3.8) is 0 Å². The van der Waals surface area contributed by atoms with E-state index in [4.69, 9.17) is 4.74 Å². The largest absolute Gasteiger partial charge is 0.496 e. The van der Waals surface area contributed by atoms with E-state index in [1.54, 1.807) is 14.0 Å². The number of hydrogen-bond acceptors (Lipinski definition) is 3. The average Bonchev–Trinajstić information content (AvgIpc) is 2.31. The molecule has 0 heterocycles. The molecule has 0 fully saturated rings. The number of anilines is 1. The lowest BCUT2D eigenvalue weighted by molar-refractivity contribution is -0.116. The van der Waals surface area contributed by atoms with Crippen LogP contribution in [0.4, 0.5) is 5.69 Å². The van der Waals surface area contributed by atoms with Gasteiger partial charge in [-0.3, -0.25) is 4.79 Å². The molecule has 0 unspecified atom stereocenters. The van der Waals surface area contributed by atoms with Gasteiger partial charge in [0.2, 0.25) is 0 Å². The summed E-state index contributed by atoms with van der Waals surface area (Å²) in [5.74, 6) is 1.15. The molecule has 100 valence electrons. The lowest BCUT2D eigenvalue weighted by atomic mass is 10.0. The van der Waals surface area contributed by atoms with E-state index < -0.39 is 0 Å². The van der Waals surface area contributed by atoms with Crippen molar-refractivity contribution >= 4 is 11.5 Å². The van der Waals surface area contributed by atoms with E-state index >= 15 is 0 Å². The van der Waals surface area contributed by atoms with Gasteiger partial charge in [0.05, 0.1) is 7.11 Å². The minimum absolute atomic E-state index is 0.224.